The second-order valence-corrected chi connectivity index (χ2v) is 10.3. The number of hydrogen-bond donors (Lipinski definition) is 0. The van der Waals surface area contributed by atoms with Gasteiger partial charge in [0.2, 0.25) is 11.8 Å². The zero-order valence-corrected chi connectivity index (χ0v) is 19.9. The zero-order valence-electron chi connectivity index (χ0n) is 18.3. The lowest BCUT2D eigenvalue weighted by molar-refractivity contribution is -0.139. The molecular formula is C25H24ClFN2O3S. The Morgan fingerprint density at radius 1 is 1.15 bits per heavy atom. The maximum absolute atomic E-state index is 15.3. The highest BCUT2D eigenvalue weighted by atomic mass is 35.5. The van der Waals surface area contributed by atoms with E-state index in [1.54, 1.807) is 6.20 Å². The molecule has 0 N–H and O–H groups in total. The number of aromatic nitrogens is 1. The first kappa shape index (κ1) is 22.3. The summed E-state index contributed by atoms with van der Waals surface area (Å²) in [7, 11) is 0. The van der Waals surface area contributed by atoms with Crippen molar-refractivity contribution in [1.29, 1.82) is 0 Å². The van der Waals surface area contributed by atoms with Crippen LogP contribution in [0.3, 0.4) is 0 Å². The van der Waals surface area contributed by atoms with E-state index in [-0.39, 0.29) is 42.8 Å². The molecule has 0 unspecified atom stereocenters. The molecule has 5 rings (SSSR count). The molecule has 2 aliphatic rings. The van der Waals surface area contributed by atoms with E-state index in [0.29, 0.717) is 14.6 Å². The van der Waals surface area contributed by atoms with E-state index >= 15 is 4.39 Å². The topological polar surface area (TPSA) is 59.5 Å². The van der Waals surface area contributed by atoms with Gasteiger partial charge in [-0.3, -0.25) is 19.5 Å². The average molecular weight is 487 g/mol. The summed E-state index contributed by atoms with van der Waals surface area (Å²) in [6, 6.07) is 5.58. The SMILES string of the molecule is Cc1cc(Cl)cc(-c2ccnc3c(F)c(CN4C(=O)CCC4=O)sc23)c1OC1CCCCC1. The van der Waals surface area contributed by atoms with E-state index in [0.717, 1.165) is 53.0 Å². The van der Waals surface area contributed by atoms with Gasteiger partial charge in [-0.2, -0.15) is 0 Å². The summed E-state index contributed by atoms with van der Waals surface area (Å²) in [6.07, 6.45) is 7.65. The summed E-state index contributed by atoms with van der Waals surface area (Å²) in [5.41, 5.74) is 2.75. The molecular weight excluding hydrogens is 463 g/mol. The van der Waals surface area contributed by atoms with Gasteiger partial charge in [-0.1, -0.05) is 18.0 Å². The van der Waals surface area contributed by atoms with E-state index in [4.69, 9.17) is 16.3 Å². The van der Waals surface area contributed by atoms with Gasteiger partial charge in [0.15, 0.2) is 5.82 Å². The molecule has 3 heterocycles. The number of pyridine rings is 1. The number of carbonyl (C=O) groups is 2. The van der Waals surface area contributed by atoms with Gasteiger partial charge < -0.3 is 4.74 Å². The van der Waals surface area contributed by atoms with Crippen molar-refractivity contribution in [2.24, 2.45) is 0 Å². The molecule has 1 aliphatic heterocycles. The van der Waals surface area contributed by atoms with Crippen molar-refractivity contribution in [3.05, 3.63) is 45.7 Å². The fourth-order valence-corrected chi connectivity index (χ4v) is 6.13. The van der Waals surface area contributed by atoms with Crippen molar-refractivity contribution in [2.75, 3.05) is 0 Å². The highest BCUT2D eigenvalue weighted by Crippen LogP contribution is 2.43. The zero-order chi connectivity index (χ0) is 23.1. The van der Waals surface area contributed by atoms with Gasteiger partial charge in [-0.05, 0) is 56.4 Å². The number of halogens is 2. The van der Waals surface area contributed by atoms with Crippen LogP contribution in [-0.4, -0.2) is 27.8 Å². The van der Waals surface area contributed by atoms with Crippen LogP contribution in [0, 0.1) is 12.7 Å². The highest BCUT2D eigenvalue weighted by molar-refractivity contribution is 7.19. The van der Waals surface area contributed by atoms with Gasteiger partial charge in [-0.25, -0.2) is 4.39 Å². The Hall–Kier alpha value is -2.51. The lowest BCUT2D eigenvalue weighted by Crippen LogP contribution is -2.28. The molecule has 1 saturated carbocycles. The maximum Gasteiger partial charge on any atom is 0.230 e. The molecule has 2 fully saturated rings. The Balaban J connectivity index is 1.59. The number of carbonyl (C=O) groups excluding carboxylic acids is 2. The molecule has 0 spiro atoms. The fraction of sp³-hybridized carbons (Fsp3) is 0.400. The van der Waals surface area contributed by atoms with Crippen LogP contribution < -0.4 is 4.74 Å². The number of rotatable bonds is 5. The molecule has 2 amide bonds. The molecule has 0 atom stereocenters. The molecule has 0 bridgehead atoms. The van der Waals surface area contributed by atoms with E-state index in [2.05, 4.69) is 4.98 Å². The molecule has 33 heavy (non-hydrogen) atoms. The Bertz CT molecular complexity index is 1240. The number of nitrogens with zero attached hydrogens (tertiary/aromatic N) is 2. The van der Waals surface area contributed by atoms with Crippen LogP contribution in [0.1, 0.15) is 55.4 Å². The fourth-order valence-electron chi connectivity index (χ4n) is 4.70. The number of likely N-dealkylation sites (tertiary alicyclic amines) is 1. The predicted molar refractivity (Wildman–Crippen MR) is 127 cm³/mol. The Morgan fingerprint density at radius 2 is 1.88 bits per heavy atom. The minimum atomic E-state index is -0.488. The molecule has 5 nitrogen and oxygen atoms in total. The van der Waals surface area contributed by atoms with Crippen molar-refractivity contribution in [2.45, 2.75) is 64.5 Å². The van der Waals surface area contributed by atoms with Crippen molar-refractivity contribution < 1.29 is 18.7 Å². The lowest BCUT2D eigenvalue weighted by Gasteiger charge is -2.25. The Labute approximate surface area is 200 Å². The summed E-state index contributed by atoms with van der Waals surface area (Å²) < 4.78 is 22.4. The smallest absolute Gasteiger partial charge is 0.230 e. The van der Waals surface area contributed by atoms with Gasteiger partial charge in [0.05, 0.1) is 22.2 Å². The van der Waals surface area contributed by atoms with E-state index < -0.39 is 5.82 Å². The number of hydrogen-bond acceptors (Lipinski definition) is 5. The van der Waals surface area contributed by atoms with Crippen LogP contribution in [0.5, 0.6) is 5.75 Å². The van der Waals surface area contributed by atoms with Crippen molar-refractivity contribution in [1.82, 2.24) is 9.88 Å². The average Bonchev–Trinajstić information content (AvgIpc) is 3.30. The second-order valence-electron chi connectivity index (χ2n) is 8.73. The first-order chi connectivity index (χ1) is 15.9. The van der Waals surface area contributed by atoms with Crippen LogP contribution in [0.15, 0.2) is 24.4 Å². The molecule has 172 valence electrons. The summed E-state index contributed by atoms with van der Waals surface area (Å²) in [5.74, 6) is -0.255. The van der Waals surface area contributed by atoms with E-state index in [1.807, 2.05) is 25.1 Å². The number of amides is 2. The minimum absolute atomic E-state index is 0.0655. The Morgan fingerprint density at radius 3 is 2.61 bits per heavy atom. The van der Waals surface area contributed by atoms with E-state index in [9.17, 15) is 9.59 Å². The molecule has 0 radical (unpaired) electrons. The first-order valence-corrected chi connectivity index (χ1v) is 12.5. The van der Waals surface area contributed by atoms with Crippen LogP contribution >= 0.6 is 22.9 Å². The number of ether oxygens (including phenoxy) is 1. The van der Waals surface area contributed by atoms with Crippen LogP contribution in [0.2, 0.25) is 5.02 Å². The lowest BCUT2D eigenvalue weighted by atomic mass is 9.97. The van der Waals surface area contributed by atoms with Crippen LogP contribution in [0.4, 0.5) is 4.39 Å². The molecule has 1 saturated heterocycles. The third kappa shape index (κ3) is 4.24. The highest BCUT2D eigenvalue weighted by Gasteiger charge is 2.31. The molecule has 2 aromatic heterocycles. The normalized spacial score (nSPS) is 17.4. The van der Waals surface area contributed by atoms with Gasteiger partial charge in [-0.15, -0.1) is 11.3 Å². The third-order valence-corrected chi connectivity index (χ3v) is 7.80. The molecule has 3 aromatic rings. The molecule has 1 aromatic carbocycles. The minimum Gasteiger partial charge on any atom is -0.490 e. The van der Waals surface area contributed by atoms with Gasteiger partial charge >= 0.3 is 0 Å². The Kier molecular flexibility index (Phi) is 6.10. The number of imide groups is 1. The quantitative estimate of drug-likeness (QED) is 0.390. The van der Waals surface area contributed by atoms with Crippen molar-refractivity contribution >= 4 is 45.0 Å². The molecule has 8 heteroatoms. The van der Waals surface area contributed by atoms with Gasteiger partial charge in [0.25, 0.3) is 0 Å². The largest absolute Gasteiger partial charge is 0.490 e. The first-order valence-electron chi connectivity index (χ1n) is 11.3. The van der Waals surface area contributed by atoms with Gasteiger partial charge in [0.1, 0.15) is 11.3 Å². The third-order valence-electron chi connectivity index (χ3n) is 6.41. The summed E-state index contributed by atoms with van der Waals surface area (Å²) in [5, 5.41) is 0.578. The van der Waals surface area contributed by atoms with Gasteiger partial charge in [0, 0.05) is 35.2 Å². The number of aryl methyl sites for hydroxylation is 1. The van der Waals surface area contributed by atoms with Crippen LogP contribution in [0.25, 0.3) is 21.3 Å². The number of fused-ring (bicyclic) bond motifs is 1. The van der Waals surface area contributed by atoms with Crippen molar-refractivity contribution in [3.8, 4) is 16.9 Å². The maximum atomic E-state index is 15.3. The summed E-state index contributed by atoms with van der Waals surface area (Å²) in [4.78, 5) is 29.8. The number of thiophene rings is 1. The molecule has 1 aliphatic carbocycles. The summed E-state index contributed by atoms with van der Waals surface area (Å²) >= 11 is 7.64. The standard InChI is InChI=1S/C25H24ClFN2O3S/c1-14-11-15(26)12-18(24(14)32-16-5-3-2-4-6-16)17-9-10-28-23-22(27)19(33-25(17)23)13-29-20(30)7-8-21(29)31/h9-12,16H,2-8,13H2,1H3. The van der Waals surface area contributed by atoms with Crippen molar-refractivity contribution in [3.63, 3.8) is 0 Å². The summed E-state index contributed by atoms with van der Waals surface area (Å²) in [6.45, 7) is 1.90. The monoisotopic (exact) mass is 486 g/mol. The number of benzene rings is 1. The van der Waals surface area contributed by atoms with E-state index in [1.165, 1.54) is 17.8 Å². The second kappa shape index (κ2) is 9.03. The predicted octanol–water partition coefficient (Wildman–Crippen LogP) is 6.42. The van der Waals surface area contributed by atoms with Crippen LogP contribution in [-0.2, 0) is 16.1 Å².